The minimum atomic E-state index is -0.200. The third kappa shape index (κ3) is 1.24. The number of nitrogens with zero attached hydrogens (tertiary/aromatic N) is 1. The fourth-order valence-electron chi connectivity index (χ4n) is 1.54. The molecule has 1 aliphatic rings. The standard InChI is InChI=1S/C10H12FNO/c1-7-8(11)3-4-9-10(7)13-6-5-12(9)2/h3-4H,5-6H2,1-2H3. The largest absolute Gasteiger partial charge is 0.489 e. The van der Waals surface area contributed by atoms with Crippen molar-refractivity contribution in [3.05, 3.63) is 23.5 Å². The summed E-state index contributed by atoms with van der Waals surface area (Å²) in [4.78, 5) is 2.07. The van der Waals surface area contributed by atoms with Crippen LogP contribution in [0.4, 0.5) is 10.1 Å². The van der Waals surface area contributed by atoms with E-state index in [9.17, 15) is 4.39 Å². The fraction of sp³-hybridized carbons (Fsp3) is 0.400. The molecule has 0 N–H and O–H groups in total. The summed E-state index contributed by atoms with van der Waals surface area (Å²) in [5, 5.41) is 0. The lowest BCUT2D eigenvalue weighted by atomic mass is 10.1. The van der Waals surface area contributed by atoms with Gasteiger partial charge in [0.25, 0.3) is 0 Å². The molecule has 0 amide bonds. The van der Waals surface area contributed by atoms with Crippen LogP contribution < -0.4 is 9.64 Å². The van der Waals surface area contributed by atoms with Gasteiger partial charge in [0.2, 0.25) is 0 Å². The Morgan fingerprint density at radius 3 is 3.00 bits per heavy atom. The molecule has 1 heterocycles. The monoisotopic (exact) mass is 181 g/mol. The first-order chi connectivity index (χ1) is 6.20. The van der Waals surface area contributed by atoms with Crippen LogP contribution in [0.3, 0.4) is 0 Å². The number of hydrogen-bond acceptors (Lipinski definition) is 2. The molecular formula is C10H12FNO. The Kier molecular flexibility index (Phi) is 1.87. The van der Waals surface area contributed by atoms with E-state index in [4.69, 9.17) is 4.74 Å². The lowest BCUT2D eigenvalue weighted by molar-refractivity contribution is 0.307. The van der Waals surface area contributed by atoms with E-state index in [1.807, 2.05) is 7.05 Å². The Balaban J connectivity index is 2.56. The zero-order valence-electron chi connectivity index (χ0n) is 7.80. The summed E-state index contributed by atoms with van der Waals surface area (Å²) in [6.45, 7) is 3.24. The zero-order valence-corrected chi connectivity index (χ0v) is 7.80. The number of anilines is 1. The summed E-state index contributed by atoms with van der Waals surface area (Å²) in [7, 11) is 1.98. The Morgan fingerprint density at radius 1 is 1.46 bits per heavy atom. The number of hydrogen-bond donors (Lipinski definition) is 0. The van der Waals surface area contributed by atoms with Gasteiger partial charge in [-0.3, -0.25) is 0 Å². The van der Waals surface area contributed by atoms with Crippen LogP contribution in [-0.2, 0) is 0 Å². The molecule has 0 saturated carbocycles. The molecule has 1 aromatic rings. The molecule has 0 aliphatic carbocycles. The molecule has 70 valence electrons. The van der Waals surface area contributed by atoms with Crippen molar-refractivity contribution >= 4 is 5.69 Å². The van der Waals surface area contributed by atoms with E-state index in [-0.39, 0.29) is 5.82 Å². The molecule has 1 aliphatic heterocycles. The summed E-state index contributed by atoms with van der Waals surface area (Å²) in [5.41, 5.74) is 1.58. The fourth-order valence-corrected chi connectivity index (χ4v) is 1.54. The first kappa shape index (κ1) is 8.35. The van der Waals surface area contributed by atoms with Crippen LogP contribution in [0.25, 0.3) is 0 Å². The summed E-state index contributed by atoms with van der Waals surface area (Å²) in [5.74, 6) is 0.489. The van der Waals surface area contributed by atoms with Gasteiger partial charge in [0, 0.05) is 12.6 Å². The predicted octanol–water partition coefficient (Wildman–Crippen LogP) is 1.96. The second kappa shape index (κ2) is 2.91. The molecular weight excluding hydrogens is 169 g/mol. The van der Waals surface area contributed by atoms with Gasteiger partial charge in [-0.25, -0.2) is 4.39 Å². The summed E-state index contributed by atoms with van der Waals surface area (Å²) in [6.07, 6.45) is 0. The number of ether oxygens (including phenoxy) is 1. The topological polar surface area (TPSA) is 12.5 Å². The molecule has 1 aromatic carbocycles. The average Bonchev–Trinajstić information content (AvgIpc) is 2.12. The van der Waals surface area contributed by atoms with Gasteiger partial charge in [-0.15, -0.1) is 0 Å². The lowest BCUT2D eigenvalue weighted by Gasteiger charge is -2.28. The number of likely N-dealkylation sites (N-methyl/N-ethyl adjacent to an activating group) is 1. The molecule has 0 radical (unpaired) electrons. The van der Waals surface area contributed by atoms with E-state index in [1.165, 1.54) is 6.07 Å². The highest BCUT2D eigenvalue weighted by Crippen LogP contribution is 2.34. The van der Waals surface area contributed by atoms with E-state index in [1.54, 1.807) is 13.0 Å². The number of rotatable bonds is 0. The van der Waals surface area contributed by atoms with Crippen LogP contribution in [0, 0.1) is 12.7 Å². The van der Waals surface area contributed by atoms with E-state index in [0.717, 1.165) is 12.2 Å². The van der Waals surface area contributed by atoms with Gasteiger partial charge in [0.1, 0.15) is 18.2 Å². The predicted molar refractivity (Wildman–Crippen MR) is 49.9 cm³/mol. The Morgan fingerprint density at radius 2 is 2.23 bits per heavy atom. The highest BCUT2D eigenvalue weighted by molar-refractivity contribution is 5.62. The van der Waals surface area contributed by atoms with Crippen LogP contribution in [0.5, 0.6) is 5.75 Å². The van der Waals surface area contributed by atoms with Gasteiger partial charge in [0.05, 0.1) is 12.2 Å². The molecule has 0 bridgehead atoms. The maximum absolute atomic E-state index is 13.1. The third-order valence-electron chi connectivity index (χ3n) is 2.40. The summed E-state index contributed by atoms with van der Waals surface area (Å²) in [6, 6.07) is 3.25. The van der Waals surface area contributed by atoms with Crippen molar-refractivity contribution in [1.29, 1.82) is 0 Å². The van der Waals surface area contributed by atoms with E-state index in [0.29, 0.717) is 17.9 Å². The number of fused-ring (bicyclic) bond motifs is 1. The van der Waals surface area contributed by atoms with Gasteiger partial charge in [-0.05, 0) is 19.1 Å². The molecule has 0 saturated heterocycles. The Labute approximate surface area is 76.9 Å². The van der Waals surface area contributed by atoms with Crippen LogP contribution in [0.15, 0.2) is 12.1 Å². The van der Waals surface area contributed by atoms with Gasteiger partial charge in [-0.1, -0.05) is 0 Å². The Hall–Kier alpha value is -1.25. The molecule has 3 heteroatoms. The van der Waals surface area contributed by atoms with Crippen molar-refractivity contribution in [2.75, 3.05) is 25.1 Å². The van der Waals surface area contributed by atoms with Crippen molar-refractivity contribution in [2.45, 2.75) is 6.92 Å². The van der Waals surface area contributed by atoms with Crippen LogP contribution in [0.1, 0.15) is 5.56 Å². The molecule has 0 aromatic heterocycles. The number of halogens is 1. The Bertz CT molecular complexity index is 338. The maximum atomic E-state index is 13.1. The second-order valence-electron chi connectivity index (χ2n) is 3.29. The van der Waals surface area contributed by atoms with Gasteiger partial charge < -0.3 is 9.64 Å². The zero-order chi connectivity index (χ0) is 9.42. The van der Waals surface area contributed by atoms with Gasteiger partial charge in [0.15, 0.2) is 0 Å². The lowest BCUT2D eigenvalue weighted by Crippen LogP contribution is -2.29. The van der Waals surface area contributed by atoms with Crippen LogP contribution in [-0.4, -0.2) is 20.2 Å². The first-order valence-electron chi connectivity index (χ1n) is 4.33. The van der Waals surface area contributed by atoms with Crippen LogP contribution >= 0.6 is 0 Å². The summed E-state index contributed by atoms with van der Waals surface area (Å²) < 4.78 is 18.6. The first-order valence-corrected chi connectivity index (χ1v) is 4.33. The molecule has 13 heavy (non-hydrogen) atoms. The minimum absolute atomic E-state index is 0.200. The second-order valence-corrected chi connectivity index (χ2v) is 3.29. The molecule has 0 atom stereocenters. The van der Waals surface area contributed by atoms with Crippen molar-refractivity contribution in [3.63, 3.8) is 0 Å². The molecule has 2 rings (SSSR count). The molecule has 0 fully saturated rings. The minimum Gasteiger partial charge on any atom is -0.489 e. The average molecular weight is 181 g/mol. The normalized spacial score (nSPS) is 15.2. The van der Waals surface area contributed by atoms with Crippen molar-refractivity contribution < 1.29 is 9.13 Å². The smallest absolute Gasteiger partial charge is 0.148 e. The van der Waals surface area contributed by atoms with Crippen molar-refractivity contribution in [3.8, 4) is 5.75 Å². The van der Waals surface area contributed by atoms with Crippen molar-refractivity contribution in [1.82, 2.24) is 0 Å². The third-order valence-corrected chi connectivity index (χ3v) is 2.40. The number of benzene rings is 1. The molecule has 0 spiro atoms. The maximum Gasteiger partial charge on any atom is 0.148 e. The van der Waals surface area contributed by atoms with Gasteiger partial charge in [-0.2, -0.15) is 0 Å². The highest BCUT2D eigenvalue weighted by Gasteiger charge is 2.18. The molecule has 2 nitrogen and oxygen atoms in total. The van der Waals surface area contributed by atoms with E-state index < -0.39 is 0 Å². The van der Waals surface area contributed by atoms with Crippen molar-refractivity contribution in [2.24, 2.45) is 0 Å². The summed E-state index contributed by atoms with van der Waals surface area (Å²) >= 11 is 0. The highest BCUT2D eigenvalue weighted by atomic mass is 19.1. The molecule has 0 unspecified atom stereocenters. The van der Waals surface area contributed by atoms with Gasteiger partial charge >= 0.3 is 0 Å². The quantitative estimate of drug-likeness (QED) is 0.606. The van der Waals surface area contributed by atoms with E-state index >= 15 is 0 Å². The SMILES string of the molecule is Cc1c(F)ccc2c1OCCN2C. The van der Waals surface area contributed by atoms with Crippen LogP contribution in [0.2, 0.25) is 0 Å². The van der Waals surface area contributed by atoms with E-state index in [2.05, 4.69) is 4.90 Å².